The van der Waals surface area contributed by atoms with Crippen molar-refractivity contribution in [1.29, 1.82) is 0 Å². The van der Waals surface area contributed by atoms with Crippen molar-refractivity contribution in [3.8, 4) is 5.75 Å². The second-order valence-corrected chi connectivity index (χ2v) is 4.89. The Hall–Kier alpha value is -1.79. The number of nitrogens with one attached hydrogen (secondary N) is 1. The minimum atomic E-state index is -1.40. The Bertz CT molecular complexity index is 520. The summed E-state index contributed by atoms with van der Waals surface area (Å²) in [6.07, 6.45) is -2.18. The van der Waals surface area contributed by atoms with Crippen molar-refractivity contribution in [3.63, 3.8) is 0 Å². The molecular formula is C14H18ClNO5. The van der Waals surface area contributed by atoms with Crippen LogP contribution in [0.25, 0.3) is 0 Å². The van der Waals surface area contributed by atoms with Crippen molar-refractivity contribution >= 4 is 23.5 Å². The summed E-state index contributed by atoms with van der Waals surface area (Å²) in [5.41, 5.74) is 0.803. The van der Waals surface area contributed by atoms with Gasteiger partial charge in [-0.25, -0.2) is 4.79 Å². The third-order valence-electron chi connectivity index (χ3n) is 2.75. The Kier molecular flexibility index (Phi) is 6.45. The Morgan fingerprint density at radius 3 is 2.67 bits per heavy atom. The van der Waals surface area contributed by atoms with E-state index < -0.39 is 24.1 Å². The van der Waals surface area contributed by atoms with Crippen LogP contribution in [-0.4, -0.2) is 42.8 Å². The molecule has 21 heavy (non-hydrogen) atoms. The van der Waals surface area contributed by atoms with E-state index in [1.807, 2.05) is 6.92 Å². The minimum absolute atomic E-state index is 0.237. The molecule has 0 spiro atoms. The molecular weight excluding hydrogens is 298 g/mol. The molecule has 2 atom stereocenters. The average Bonchev–Trinajstić information content (AvgIpc) is 2.46. The Labute approximate surface area is 128 Å². The number of aliphatic hydroxyl groups is 1. The van der Waals surface area contributed by atoms with Crippen LogP contribution in [-0.2, 0) is 14.3 Å². The lowest BCUT2D eigenvalue weighted by Crippen LogP contribution is -2.42. The highest BCUT2D eigenvalue weighted by Gasteiger charge is 2.20. The molecule has 0 bridgehead atoms. The molecule has 2 unspecified atom stereocenters. The molecule has 7 heteroatoms. The van der Waals surface area contributed by atoms with E-state index in [1.54, 1.807) is 25.1 Å². The van der Waals surface area contributed by atoms with Crippen LogP contribution in [0, 0.1) is 6.92 Å². The van der Waals surface area contributed by atoms with Gasteiger partial charge in [0.2, 0.25) is 0 Å². The van der Waals surface area contributed by atoms with E-state index in [9.17, 15) is 14.7 Å². The number of benzene rings is 1. The SMILES string of the molecule is COC(=O)C(O)CNC(=O)C(C)Oc1ccc(Cl)cc1C. The van der Waals surface area contributed by atoms with Gasteiger partial charge in [-0.05, 0) is 37.6 Å². The van der Waals surface area contributed by atoms with Gasteiger partial charge in [0.1, 0.15) is 5.75 Å². The van der Waals surface area contributed by atoms with Gasteiger partial charge in [0.05, 0.1) is 13.7 Å². The molecule has 1 rings (SSSR count). The maximum atomic E-state index is 11.8. The van der Waals surface area contributed by atoms with E-state index in [0.717, 1.165) is 12.7 Å². The number of halogens is 1. The second kappa shape index (κ2) is 7.85. The zero-order valence-electron chi connectivity index (χ0n) is 12.1. The number of amides is 1. The summed E-state index contributed by atoms with van der Waals surface area (Å²) in [7, 11) is 1.16. The standard InChI is InChI=1S/C14H18ClNO5/c1-8-6-10(15)4-5-12(8)21-9(2)13(18)16-7-11(17)14(19)20-3/h4-6,9,11,17H,7H2,1-3H3,(H,16,18). The van der Waals surface area contributed by atoms with Crippen LogP contribution in [0.3, 0.4) is 0 Å². The molecule has 0 fully saturated rings. The first-order valence-corrected chi connectivity index (χ1v) is 6.69. The van der Waals surface area contributed by atoms with Crippen LogP contribution in [0.4, 0.5) is 0 Å². The van der Waals surface area contributed by atoms with E-state index in [4.69, 9.17) is 16.3 Å². The molecule has 1 aromatic carbocycles. The summed E-state index contributed by atoms with van der Waals surface area (Å²) in [6, 6.07) is 5.06. The monoisotopic (exact) mass is 315 g/mol. The molecule has 0 heterocycles. The lowest BCUT2D eigenvalue weighted by molar-refractivity contribution is -0.150. The molecule has 0 aliphatic heterocycles. The Balaban J connectivity index is 2.53. The van der Waals surface area contributed by atoms with E-state index in [1.165, 1.54) is 0 Å². The molecule has 0 aromatic heterocycles. The molecule has 0 saturated carbocycles. The van der Waals surface area contributed by atoms with Gasteiger partial charge in [-0.15, -0.1) is 0 Å². The number of carbonyl (C=O) groups excluding carboxylic acids is 2. The summed E-state index contributed by atoms with van der Waals surface area (Å²) in [4.78, 5) is 22.8. The van der Waals surface area contributed by atoms with Gasteiger partial charge in [0.15, 0.2) is 12.2 Å². The molecule has 0 aliphatic carbocycles. The van der Waals surface area contributed by atoms with Gasteiger partial charge in [-0.1, -0.05) is 11.6 Å². The van der Waals surface area contributed by atoms with Crippen LogP contribution in [0.2, 0.25) is 5.02 Å². The van der Waals surface area contributed by atoms with Gasteiger partial charge in [0, 0.05) is 5.02 Å². The number of hydrogen-bond acceptors (Lipinski definition) is 5. The van der Waals surface area contributed by atoms with Crippen LogP contribution in [0.15, 0.2) is 18.2 Å². The normalized spacial score (nSPS) is 13.2. The number of aryl methyl sites for hydroxylation is 1. The zero-order valence-corrected chi connectivity index (χ0v) is 12.8. The fourth-order valence-electron chi connectivity index (χ4n) is 1.55. The number of esters is 1. The van der Waals surface area contributed by atoms with Crippen molar-refractivity contribution in [2.24, 2.45) is 0 Å². The number of rotatable bonds is 6. The van der Waals surface area contributed by atoms with E-state index in [0.29, 0.717) is 10.8 Å². The van der Waals surface area contributed by atoms with Crippen molar-refractivity contribution in [3.05, 3.63) is 28.8 Å². The molecule has 0 saturated heterocycles. The first-order chi connectivity index (χ1) is 9.85. The van der Waals surface area contributed by atoms with Crippen molar-refractivity contribution in [2.45, 2.75) is 26.1 Å². The van der Waals surface area contributed by atoms with E-state index in [-0.39, 0.29) is 6.54 Å². The summed E-state index contributed by atoms with van der Waals surface area (Å²) >= 11 is 5.84. The zero-order chi connectivity index (χ0) is 16.0. The summed E-state index contributed by atoms with van der Waals surface area (Å²) in [5.74, 6) is -0.722. The number of ether oxygens (including phenoxy) is 2. The maximum Gasteiger partial charge on any atom is 0.336 e. The summed E-state index contributed by atoms with van der Waals surface area (Å²) < 4.78 is 9.86. The van der Waals surface area contributed by atoms with Gasteiger partial charge in [0.25, 0.3) is 5.91 Å². The predicted molar refractivity (Wildman–Crippen MR) is 77.3 cm³/mol. The van der Waals surface area contributed by atoms with Crippen molar-refractivity contribution in [2.75, 3.05) is 13.7 Å². The largest absolute Gasteiger partial charge is 0.481 e. The summed E-state index contributed by atoms with van der Waals surface area (Å²) in [5, 5.41) is 12.4. The third kappa shape index (κ3) is 5.24. The predicted octanol–water partition coefficient (Wildman–Crippen LogP) is 1.07. The molecule has 6 nitrogen and oxygen atoms in total. The second-order valence-electron chi connectivity index (χ2n) is 4.45. The smallest absolute Gasteiger partial charge is 0.336 e. The topological polar surface area (TPSA) is 84.9 Å². The Morgan fingerprint density at radius 2 is 2.10 bits per heavy atom. The van der Waals surface area contributed by atoms with E-state index >= 15 is 0 Å². The number of aliphatic hydroxyl groups excluding tert-OH is 1. The molecule has 0 aliphatic rings. The van der Waals surface area contributed by atoms with Crippen molar-refractivity contribution in [1.82, 2.24) is 5.32 Å². The minimum Gasteiger partial charge on any atom is -0.481 e. The van der Waals surface area contributed by atoms with Gasteiger partial charge in [-0.3, -0.25) is 4.79 Å². The van der Waals surface area contributed by atoms with Crippen LogP contribution in [0.5, 0.6) is 5.75 Å². The van der Waals surface area contributed by atoms with Gasteiger partial charge >= 0.3 is 5.97 Å². The van der Waals surface area contributed by atoms with Crippen molar-refractivity contribution < 1.29 is 24.2 Å². The molecule has 1 amide bonds. The quantitative estimate of drug-likeness (QED) is 0.767. The lowest BCUT2D eigenvalue weighted by Gasteiger charge is -2.17. The molecule has 1 aromatic rings. The van der Waals surface area contributed by atoms with Crippen LogP contribution >= 0.6 is 11.6 Å². The van der Waals surface area contributed by atoms with Crippen LogP contribution in [0.1, 0.15) is 12.5 Å². The van der Waals surface area contributed by atoms with Crippen LogP contribution < -0.4 is 10.1 Å². The Morgan fingerprint density at radius 1 is 1.43 bits per heavy atom. The molecule has 2 N–H and O–H groups in total. The highest BCUT2D eigenvalue weighted by molar-refractivity contribution is 6.30. The molecule has 0 radical (unpaired) electrons. The first-order valence-electron chi connectivity index (χ1n) is 6.31. The fourth-order valence-corrected chi connectivity index (χ4v) is 1.78. The third-order valence-corrected chi connectivity index (χ3v) is 2.99. The van der Waals surface area contributed by atoms with E-state index in [2.05, 4.69) is 10.1 Å². The summed E-state index contributed by atoms with van der Waals surface area (Å²) in [6.45, 7) is 3.14. The maximum absolute atomic E-state index is 11.8. The molecule has 116 valence electrons. The average molecular weight is 316 g/mol. The lowest BCUT2D eigenvalue weighted by atomic mass is 10.2. The van der Waals surface area contributed by atoms with Gasteiger partial charge < -0.3 is 19.9 Å². The highest BCUT2D eigenvalue weighted by Crippen LogP contribution is 2.22. The van der Waals surface area contributed by atoms with Gasteiger partial charge in [-0.2, -0.15) is 0 Å². The first kappa shape index (κ1) is 17.3. The number of methoxy groups -OCH3 is 1. The number of hydrogen-bond donors (Lipinski definition) is 2. The fraction of sp³-hybridized carbons (Fsp3) is 0.429. The highest BCUT2D eigenvalue weighted by atomic mass is 35.5. The number of carbonyl (C=O) groups is 2.